The average molecular weight is 247 g/mol. The van der Waals surface area contributed by atoms with Crippen LogP contribution < -0.4 is 5.73 Å². The monoisotopic (exact) mass is 246 g/mol. The predicted octanol–water partition coefficient (Wildman–Crippen LogP) is 2.47. The van der Waals surface area contributed by atoms with E-state index in [0.717, 1.165) is 0 Å². The topological polar surface area (TPSA) is 65.2 Å². The van der Waals surface area contributed by atoms with Gasteiger partial charge in [0.2, 0.25) is 0 Å². The largest absolute Gasteiger partial charge is 0.436 e. The fourth-order valence-electron chi connectivity index (χ4n) is 1.44. The fraction of sp³-hybridized carbons (Fsp3) is 0.333. The Balaban J connectivity index is 2.33. The van der Waals surface area contributed by atoms with Gasteiger partial charge in [0.15, 0.2) is 5.60 Å². The van der Waals surface area contributed by atoms with E-state index in [4.69, 9.17) is 33.7 Å². The van der Waals surface area contributed by atoms with Crippen LogP contribution >= 0.6 is 23.2 Å². The predicted molar refractivity (Wildman–Crippen MR) is 55.8 cm³/mol. The molecule has 6 heteroatoms. The van der Waals surface area contributed by atoms with Gasteiger partial charge in [-0.3, -0.25) is 4.98 Å². The molecule has 2 N–H and O–H groups in total. The molecule has 0 radical (unpaired) electrons. The summed E-state index contributed by atoms with van der Waals surface area (Å²) in [6, 6.07) is 1.57. The third-order valence-electron chi connectivity index (χ3n) is 2.24. The third kappa shape index (κ3) is 2.01. The first-order chi connectivity index (χ1) is 7.03. The van der Waals surface area contributed by atoms with Crippen LogP contribution in [0.5, 0.6) is 0 Å². The number of carbonyl (C=O) groups excluding carboxylic acids is 1. The van der Waals surface area contributed by atoms with Crippen LogP contribution in [0, 0.1) is 0 Å². The molecule has 1 amide bonds. The molecule has 1 aliphatic rings. The van der Waals surface area contributed by atoms with Crippen molar-refractivity contribution < 1.29 is 9.53 Å². The summed E-state index contributed by atoms with van der Waals surface area (Å²) in [4.78, 5) is 14.8. The number of primary amides is 1. The molecule has 0 bridgehead atoms. The smallest absolute Gasteiger partial charge is 0.405 e. The molecule has 1 aromatic heterocycles. The highest BCUT2D eigenvalue weighted by atomic mass is 35.5. The second-order valence-corrected chi connectivity index (χ2v) is 4.24. The zero-order chi connectivity index (χ0) is 11.1. The van der Waals surface area contributed by atoms with Crippen LogP contribution in [0.2, 0.25) is 10.0 Å². The molecular formula is C9H8Cl2N2O2. The van der Waals surface area contributed by atoms with Crippen molar-refractivity contribution in [1.29, 1.82) is 0 Å². The summed E-state index contributed by atoms with van der Waals surface area (Å²) < 4.78 is 5.00. The normalized spacial score (nSPS) is 17.2. The summed E-state index contributed by atoms with van der Waals surface area (Å²) in [6.07, 6.45) is 2.02. The lowest BCUT2D eigenvalue weighted by Gasteiger charge is -2.15. The number of hydrogen-bond donors (Lipinski definition) is 1. The zero-order valence-electron chi connectivity index (χ0n) is 7.67. The van der Waals surface area contributed by atoms with Gasteiger partial charge in [0.25, 0.3) is 0 Å². The zero-order valence-corrected chi connectivity index (χ0v) is 9.18. The Bertz CT molecular complexity index is 419. The Kier molecular flexibility index (Phi) is 2.48. The van der Waals surface area contributed by atoms with Crippen LogP contribution in [-0.4, -0.2) is 11.1 Å². The van der Waals surface area contributed by atoms with E-state index in [9.17, 15) is 4.79 Å². The van der Waals surface area contributed by atoms with Gasteiger partial charge >= 0.3 is 6.09 Å². The number of nitrogens with two attached hydrogens (primary N) is 1. The van der Waals surface area contributed by atoms with E-state index in [1.165, 1.54) is 6.20 Å². The number of aromatic nitrogens is 1. The lowest BCUT2D eigenvalue weighted by molar-refractivity contribution is 0.0873. The fourth-order valence-corrected chi connectivity index (χ4v) is 2.00. The van der Waals surface area contributed by atoms with Crippen LogP contribution in [0.25, 0.3) is 0 Å². The Labute approximate surface area is 96.3 Å². The third-order valence-corrected chi connectivity index (χ3v) is 2.73. The molecule has 0 aromatic carbocycles. The summed E-state index contributed by atoms with van der Waals surface area (Å²) in [7, 11) is 0. The van der Waals surface area contributed by atoms with Crippen molar-refractivity contribution in [1.82, 2.24) is 4.98 Å². The molecule has 1 aliphatic carbocycles. The van der Waals surface area contributed by atoms with E-state index in [0.29, 0.717) is 28.6 Å². The van der Waals surface area contributed by atoms with Crippen molar-refractivity contribution in [3.63, 3.8) is 0 Å². The SMILES string of the molecule is NC(=O)OC1(c2ncc(Cl)cc2Cl)CC1. The van der Waals surface area contributed by atoms with Crippen molar-refractivity contribution >= 4 is 29.3 Å². The highest BCUT2D eigenvalue weighted by molar-refractivity contribution is 6.34. The summed E-state index contributed by atoms with van der Waals surface area (Å²) in [6.45, 7) is 0. The Morgan fingerprint density at radius 2 is 2.20 bits per heavy atom. The highest BCUT2D eigenvalue weighted by Crippen LogP contribution is 2.50. The maximum Gasteiger partial charge on any atom is 0.405 e. The summed E-state index contributed by atoms with van der Waals surface area (Å²) >= 11 is 11.7. The van der Waals surface area contributed by atoms with Crippen LogP contribution in [0.1, 0.15) is 18.5 Å². The van der Waals surface area contributed by atoms with Gasteiger partial charge in [-0.05, 0) is 18.9 Å². The van der Waals surface area contributed by atoms with E-state index >= 15 is 0 Å². The highest BCUT2D eigenvalue weighted by Gasteiger charge is 2.51. The van der Waals surface area contributed by atoms with E-state index < -0.39 is 11.7 Å². The van der Waals surface area contributed by atoms with Gasteiger partial charge in [0.1, 0.15) is 5.69 Å². The standard InChI is InChI=1S/C9H8Cl2N2O2/c10-5-3-6(11)7(13-4-5)9(1-2-9)15-8(12)14/h3-4H,1-2H2,(H2,12,14). The van der Waals surface area contributed by atoms with Gasteiger partial charge in [0.05, 0.1) is 10.0 Å². The van der Waals surface area contributed by atoms with E-state index in [1.807, 2.05) is 0 Å². The minimum Gasteiger partial charge on any atom is -0.436 e. The summed E-state index contributed by atoms with van der Waals surface area (Å²) in [5, 5.41) is 0.833. The molecule has 0 atom stereocenters. The quantitative estimate of drug-likeness (QED) is 0.872. The number of ether oxygens (including phenoxy) is 1. The molecule has 0 spiro atoms. The number of nitrogens with zero attached hydrogens (tertiary/aromatic N) is 1. The first-order valence-corrected chi connectivity index (χ1v) is 5.09. The maximum absolute atomic E-state index is 10.7. The minimum atomic E-state index is -0.819. The summed E-state index contributed by atoms with van der Waals surface area (Å²) in [5.74, 6) is 0. The van der Waals surface area contributed by atoms with Crippen LogP contribution in [0.3, 0.4) is 0 Å². The molecule has 1 fully saturated rings. The van der Waals surface area contributed by atoms with Gasteiger partial charge in [-0.25, -0.2) is 4.79 Å². The Morgan fingerprint density at radius 1 is 1.53 bits per heavy atom. The molecule has 15 heavy (non-hydrogen) atoms. The van der Waals surface area contributed by atoms with Crippen LogP contribution in [0.15, 0.2) is 12.3 Å². The van der Waals surface area contributed by atoms with Crippen molar-refractivity contribution in [2.45, 2.75) is 18.4 Å². The van der Waals surface area contributed by atoms with Gasteiger partial charge in [-0.15, -0.1) is 0 Å². The molecular weight excluding hydrogens is 239 g/mol. The molecule has 2 rings (SSSR count). The number of carbonyl (C=O) groups is 1. The van der Waals surface area contributed by atoms with Crippen LogP contribution in [0.4, 0.5) is 4.79 Å². The minimum absolute atomic E-state index is 0.390. The Morgan fingerprint density at radius 3 is 2.67 bits per heavy atom. The molecule has 1 saturated carbocycles. The first-order valence-electron chi connectivity index (χ1n) is 4.33. The number of pyridine rings is 1. The molecule has 4 nitrogen and oxygen atoms in total. The van der Waals surface area contributed by atoms with Crippen molar-refractivity contribution in [3.05, 3.63) is 28.0 Å². The Hall–Kier alpha value is -1.000. The molecule has 80 valence electrons. The first kappa shape index (κ1) is 10.5. The van der Waals surface area contributed by atoms with Crippen molar-refractivity contribution in [3.8, 4) is 0 Å². The molecule has 0 saturated heterocycles. The number of rotatable bonds is 2. The molecule has 0 aliphatic heterocycles. The van der Waals surface area contributed by atoms with Gasteiger partial charge in [-0.2, -0.15) is 0 Å². The molecule has 1 aromatic rings. The lowest BCUT2D eigenvalue weighted by Crippen LogP contribution is -2.23. The molecule has 0 unspecified atom stereocenters. The summed E-state index contributed by atoms with van der Waals surface area (Å²) in [5.41, 5.74) is 4.77. The van der Waals surface area contributed by atoms with E-state index in [1.54, 1.807) is 6.07 Å². The number of halogens is 2. The number of hydrogen-bond acceptors (Lipinski definition) is 3. The second kappa shape index (κ2) is 3.54. The van der Waals surface area contributed by atoms with Gasteiger partial charge in [-0.1, -0.05) is 23.2 Å². The van der Waals surface area contributed by atoms with Gasteiger partial charge in [0, 0.05) is 6.20 Å². The lowest BCUT2D eigenvalue weighted by atomic mass is 10.2. The second-order valence-electron chi connectivity index (χ2n) is 3.40. The maximum atomic E-state index is 10.7. The van der Waals surface area contributed by atoms with Crippen molar-refractivity contribution in [2.75, 3.05) is 0 Å². The van der Waals surface area contributed by atoms with Crippen LogP contribution in [-0.2, 0) is 10.3 Å². The van der Waals surface area contributed by atoms with E-state index in [-0.39, 0.29) is 0 Å². The molecule has 1 heterocycles. The average Bonchev–Trinajstić information content (AvgIpc) is 2.83. The van der Waals surface area contributed by atoms with Crippen molar-refractivity contribution in [2.24, 2.45) is 5.73 Å². The van der Waals surface area contributed by atoms with E-state index in [2.05, 4.69) is 4.98 Å². The van der Waals surface area contributed by atoms with Gasteiger partial charge < -0.3 is 10.5 Å². The number of amides is 1.